The van der Waals surface area contributed by atoms with Crippen LogP contribution in [0.1, 0.15) is 29.5 Å². The van der Waals surface area contributed by atoms with Crippen molar-refractivity contribution >= 4 is 39.2 Å². The number of furan rings is 1. The van der Waals surface area contributed by atoms with Gasteiger partial charge in [-0.05, 0) is 38.0 Å². The minimum atomic E-state index is 0.0880. The van der Waals surface area contributed by atoms with E-state index in [4.69, 9.17) is 13.8 Å². The van der Waals surface area contributed by atoms with Gasteiger partial charge in [-0.15, -0.1) is 21.5 Å². The minimum absolute atomic E-state index is 0.0880. The summed E-state index contributed by atoms with van der Waals surface area (Å²) in [5.74, 6) is 1.79. The summed E-state index contributed by atoms with van der Waals surface area (Å²) in [7, 11) is 0. The van der Waals surface area contributed by atoms with Crippen LogP contribution in [0, 0.1) is 6.92 Å². The molecule has 0 bridgehead atoms. The Kier molecular flexibility index (Phi) is 5.30. The van der Waals surface area contributed by atoms with Crippen LogP contribution in [0.15, 0.2) is 50.7 Å². The Bertz CT molecular complexity index is 1150. The lowest BCUT2D eigenvalue weighted by molar-refractivity contribution is -0.129. The second-order valence-electron chi connectivity index (χ2n) is 7.25. The van der Waals surface area contributed by atoms with Crippen molar-refractivity contribution in [3.05, 3.63) is 47.4 Å². The molecule has 1 aromatic carbocycles. The van der Waals surface area contributed by atoms with Crippen LogP contribution >= 0.6 is 23.1 Å². The number of para-hydroxylation sites is 1. The summed E-state index contributed by atoms with van der Waals surface area (Å²) in [6.45, 7) is 3.33. The molecule has 9 heteroatoms. The molecule has 30 heavy (non-hydrogen) atoms. The van der Waals surface area contributed by atoms with E-state index in [9.17, 15) is 4.79 Å². The van der Waals surface area contributed by atoms with E-state index in [-0.39, 0.29) is 11.7 Å². The zero-order chi connectivity index (χ0) is 20.5. The normalized spacial score (nSPS) is 17.0. The van der Waals surface area contributed by atoms with Crippen molar-refractivity contribution < 1.29 is 13.6 Å². The van der Waals surface area contributed by atoms with Crippen molar-refractivity contribution in [2.75, 3.05) is 18.8 Å². The van der Waals surface area contributed by atoms with Crippen molar-refractivity contribution in [2.24, 2.45) is 0 Å². The summed E-state index contributed by atoms with van der Waals surface area (Å²) < 4.78 is 12.1. The van der Waals surface area contributed by atoms with Gasteiger partial charge < -0.3 is 13.7 Å². The molecule has 154 valence electrons. The molecular weight excluding hydrogens is 420 g/mol. The van der Waals surface area contributed by atoms with E-state index in [2.05, 4.69) is 16.3 Å². The Morgan fingerprint density at radius 2 is 2.20 bits per heavy atom. The molecule has 1 fully saturated rings. The van der Waals surface area contributed by atoms with E-state index in [0.717, 1.165) is 41.2 Å². The minimum Gasteiger partial charge on any atom is -0.469 e. The summed E-state index contributed by atoms with van der Waals surface area (Å²) in [6, 6.07) is 9.98. The molecule has 1 unspecified atom stereocenters. The summed E-state index contributed by atoms with van der Waals surface area (Å²) in [4.78, 5) is 19.5. The van der Waals surface area contributed by atoms with Crippen molar-refractivity contribution in [2.45, 2.75) is 30.9 Å². The van der Waals surface area contributed by atoms with Crippen LogP contribution in [-0.4, -0.2) is 44.8 Å². The second kappa shape index (κ2) is 8.23. The van der Waals surface area contributed by atoms with E-state index in [1.807, 2.05) is 30.0 Å². The number of aryl methyl sites for hydroxylation is 1. The monoisotopic (exact) mass is 440 g/mol. The maximum absolute atomic E-state index is 12.8. The highest BCUT2D eigenvalue weighted by Gasteiger charge is 2.27. The summed E-state index contributed by atoms with van der Waals surface area (Å²) in [5.41, 5.74) is 1.81. The van der Waals surface area contributed by atoms with Gasteiger partial charge in [0, 0.05) is 19.0 Å². The first-order valence-electron chi connectivity index (χ1n) is 9.81. The number of amides is 1. The maximum atomic E-state index is 12.8. The average molecular weight is 441 g/mol. The number of thiazole rings is 1. The predicted octanol–water partition coefficient (Wildman–Crippen LogP) is 4.75. The number of hydrogen-bond donors (Lipinski definition) is 0. The predicted molar refractivity (Wildman–Crippen MR) is 116 cm³/mol. The molecule has 0 spiro atoms. The van der Waals surface area contributed by atoms with Crippen LogP contribution in [0.3, 0.4) is 0 Å². The number of carbonyl (C=O) groups is 1. The van der Waals surface area contributed by atoms with Crippen molar-refractivity contribution in [3.63, 3.8) is 0 Å². The Labute approximate surface area is 181 Å². The van der Waals surface area contributed by atoms with Gasteiger partial charge in [0.25, 0.3) is 11.1 Å². The molecule has 1 amide bonds. The lowest BCUT2D eigenvalue weighted by Gasteiger charge is -2.31. The highest BCUT2D eigenvalue weighted by atomic mass is 32.2. The molecule has 1 aliphatic heterocycles. The van der Waals surface area contributed by atoms with Gasteiger partial charge in [-0.1, -0.05) is 23.9 Å². The van der Waals surface area contributed by atoms with Crippen molar-refractivity contribution in [1.82, 2.24) is 20.1 Å². The third-order valence-electron chi connectivity index (χ3n) is 5.25. The number of piperidine rings is 1. The molecule has 1 saturated heterocycles. The highest BCUT2D eigenvalue weighted by molar-refractivity contribution is 7.99. The van der Waals surface area contributed by atoms with Crippen molar-refractivity contribution in [3.8, 4) is 11.5 Å². The quantitative estimate of drug-likeness (QED) is 0.414. The number of fused-ring (bicyclic) bond motifs is 1. The fraction of sp³-hybridized carbons (Fsp3) is 0.333. The molecule has 7 nitrogen and oxygen atoms in total. The van der Waals surface area contributed by atoms with Gasteiger partial charge in [0.05, 0.1) is 32.8 Å². The van der Waals surface area contributed by atoms with Crippen LogP contribution in [0.4, 0.5) is 0 Å². The van der Waals surface area contributed by atoms with E-state index in [0.29, 0.717) is 23.6 Å². The van der Waals surface area contributed by atoms with Crippen LogP contribution < -0.4 is 0 Å². The number of carbonyl (C=O) groups excluding carboxylic acids is 1. The number of thioether (sulfide) groups is 1. The van der Waals surface area contributed by atoms with Crippen LogP contribution in [-0.2, 0) is 4.79 Å². The van der Waals surface area contributed by atoms with Gasteiger partial charge in [0.1, 0.15) is 5.76 Å². The SMILES string of the molecule is Cc1occc1-c1nnc(SCC(=O)N2CCCC(c3nc4ccccc4s3)C2)o1. The first kappa shape index (κ1) is 19.3. The molecule has 3 aromatic heterocycles. The average Bonchev–Trinajstić information content (AvgIpc) is 3.51. The first-order chi connectivity index (χ1) is 14.7. The summed E-state index contributed by atoms with van der Waals surface area (Å²) >= 11 is 3.01. The van der Waals surface area contributed by atoms with Crippen LogP contribution in [0.25, 0.3) is 21.7 Å². The third-order valence-corrected chi connectivity index (χ3v) is 7.25. The maximum Gasteiger partial charge on any atom is 0.277 e. The molecule has 0 N–H and O–H groups in total. The molecule has 4 aromatic rings. The van der Waals surface area contributed by atoms with Gasteiger partial charge >= 0.3 is 0 Å². The zero-order valence-electron chi connectivity index (χ0n) is 16.4. The molecule has 5 rings (SSSR count). The molecule has 4 heterocycles. The second-order valence-corrected chi connectivity index (χ2v) is 9.24. The largest absolute Gasteiger partial charge is 0.469 e. The van der Waals surface area contributed by atoms with Gasteiger partial charge in [-0.2, -0.15) is 0 Å². The Morgan fingerprint density at radius 3 is 3.03 bits per heavy atom. The summed E-state index contributed by atoms with van der Waals surface area (Å²) in [5, 5.41) is 9.61. The fourth-order valence-electron chi connectivity index (χ4n) is 3.67. The number of likely N-dealkylation sites (tertiary alicyclic amines) is 1. The van der Waals surface area contributed by atoms with E-state index >= 15 is 0 Å². The van der Waals surface area contributed by atoms with Gasteiger partial charge in [-0.25, -0.2) is 4.98 Å². The van der Waals surface area contributed by atoms with Gasteiger partial charge in [0.2, 0.25) is 5.91 Å². The van der Waals surface area contributed by atoms with E-state index in [1.165, 1.54) is 16.5 Å². The number of nitrogens with zero attached hydrogens (tertiary/aromatic N) is 4. The number of rotatable bonds is 5. The summed E-state index contributed by atoms with van der Waals surface area (Å²) in [6.07, 6.45) is 3.64. The lowest BCUT2D eigenvalue weighted by Crippen LogP contribution is -2.40. The molecule has 0 saturated carbocycles. The Morgan fingerprint density at radius 1 is 1.30 bits per heavy atom. The topological polar surface area (TPSA) is 85.3 Å². The van der Waals surface area contributed by atoms with Gasteiger partial charge in [-0.3, -0.25) is 4.79 Å². The number of hydrogen-bond acceptors (Lipinski definition) is 8. The number of aromatic nitrogens is 3. The Balaban J connectivity index is 1.21. The standard InChI is InChI=1S/C21H20N4O3S2/c1-13-15(8-10-27-13)19-23-24-21(28-19)29-12-18(26)25-9-4-5-14(11-25)20-22-16-6-2-3-7-17(16)30-20/h2-3,6-8,10,14H,4-5,9,11-12H2,1H3. The molecule has 1 aliphatic rings. The first-order valence-corrected chi connectivity index (χ1v) is 11.6. The van der Waals surface area contributed by atoms with E-state index < -0.39 is 0 Å². The fourth-order valence-corrected chi connectivity index (χ4v) is 5.43. The molecule has 1 atom stereocenters. The van der Waals surface area contributed by atoms with Gasteiger partial charge in [0.15, 0.2) is 0 Å². The zero-order valence-corrected chi connectivity index (χ0v) is 18.0. The molecular formula is C21H20N4O3S2. The van der Waals surface area contributed by atoms with Crippen LogP contribution in [0.5, 0.6) is 0 Å². The van der Waals surface area contributed by atoms with Crippen molar-refractivity contribution in [1.29, 1.82) is 0 Å². The van der Waals surface area contributed by atoms with E-state index in [1.54, 1.807) is 23.7 Å². The van der Waals surface area contributed by atoms with Crippen LogP contribution in [0.2, 0.25) is 0 Å². The third kappa shape index (κ3) is 3.87. The molecule has 0 aliphatic carbocycles. The number of benzene rings is 1. The smallest absolute Gasteiger partial charge is 0.277 e. The lowest BCUT2D eigenvalue weighted by atomic mass is 9.99. The highest BCUT2D eigenvalue weighted by Crippen LogP contribution is 2.33. The molecule has 0 radical (unpaired) electrons. The Hall–Kier alpha value is -2.65.